The fraction of sp³-hybridized carbons (Fsp3) is 0.211. The van der Waals surface area contributed by atoms with E-state index < -0.39 is 5.82 Å². The minimum absolute atomic E-state index is 0.0865. The first-order valence-electron chi connectivity index (χ1n) is 8.15. The van der Waals surface area contributed by atoms with Gasteiger partial charge in [0.25, 0.3) is 5.22 Å². The third-order valence-electron chi connectivity index (χ3n) is 3.98. The Morgan fingerprint density at radius 1 is 1.22 bits per heavy atom. The molecule has 140 valence electrons. The molecule has 0 aliphatic carbocycles. The lowest BCUT2D eigenvalue weighted by molar-refractivity contribution is -0.127. The third-order valence-corrected chi connectivity index (χ3v) is 5.14. The summed E-state index contributed by atoms with van der Waals surface area (Å²) in [5.74, 6) is -0.128. The molecule has 2 aromatic carbocycles. The van der Waals surface area contributed by atoms with E-state index in [1.807, 2.05) is 31.2 Å². The minimum Gasteiger partial charge on any atom is -0.411 e. The molecule has 0 saturated heterocycles. The van der Waals surface area contributed by atoms with Crippen molar-refractivity contribution in [3.63, 3.8) is 0 Å². The number of aromatic nitrogens is 2. The molecule has 1 heterocycles. The maximum atomic E-state index is 13.9. The maximum absolute atomic E-state index is 13.9. The van der Waals surface area contributed by atoms with Gasteiger partial charge in [-0.1, -0.05) is 47.6 Å². The van der Waals surface area contributed by atoms with E-state index in [1.165, 1.54) is 17.0 Å². The second-order valence-corrected chi connectivity index (χ2v) is 7.26. The number of halogens is 2. The lowest BCUT2D eigenvalue weighted by atomic mass is 10.1. The molecule has 0 fully saturated rings. The van der Waals surface area contributed by atoms with Crippen molar-refractivity contribution in [2.24, 2.45) is 0 Å². The molecule has 8 heteroatoms. The highest BCUT2D eigenvalue weighted by atomic mass is 35.5. The van der Waals surface area contributed by atoms with E-state index in [2.05, 4.69) is 10.2 Å². The van der Waals surface area contributed by atoms with E-state index in [1.54, 1.807) is 13.1 Å². The smallest absolute Gasteiger partial charge is 0.277 e. The molecular weight excluding hydrogens is 389 g/mol. The van der Waals surface area contributed by atoms with Crippen molar-refractivity contribution in [1.29, 1.82) is 0 Å². The molecule has 0 aliphatic heterocycles. The molecule has 3 rings (SSSR count). The average molecular weight is 406 g/mol. The number of benzene rings is 2. The van der Waals surface area contributed by atoms with Crippen molar-refractivity contribution in [1.82, 2.24) is 15.1 Å². The van der Waals surface area contributed by atoms with Gasteiger partial charge in [-0.3, -0.25) is 4.79 Å². The summed E-state index contributed by atoms with van der Waals surface area (Å²) in [7, 11) is 1.60. The summed E-state index contributed by atoms with van der Waals surface area (Å²) in [5, 5.41) is 8.60. The van der Waals surface area contributed by atoms with E-state index >= 15 is 0 Å². The summed E-state index contributed by atoms with van der Waals surface area (Å²) in [6.07, 6.45) is 0. The van der Waals surface area contributed by atoms with Gasteiger partial charge in [-0.15, -0.1) is 10.2 Å². The quantitative estimate of drug-likeness (QED) is 0.561. The van der Waals surface area contributed by atoms with Crippen LogP contribution in [0.2, 0.25) is 5.02 Å². The van der Waals surface area contributed by atoms with Gasteiger partial charge in [-0.2, -0.15) is 0 Å². The Bertz CT molecular complexity index is 943. The maximum Gasteiger partial charge on any atom is 0.277 e. The Hall–Kier alpha value is -2.38. The van der Waals surface area contributed by atoms with Crippen LogP contribution >= 0.6 is 23.4 Å². The van der Waals surface area contributed by atoms with Gasteiger partial charge in [0.2, 0.25) is 11.8 Å². The summed E-state index contributed by atoms with van der Waals surface area (Å²) in [4.78, 5) is 13.7. The van der Waals surface area contributed by atoms with Crippen LogP contribution in [0.1, 0.15) is 11.1 Å². The number of nitrogens with zero attached hydrogens (tertiary/aromatic N) is 3. The lowest BCUT2D eigenvalue weighted by Gasteiger charge is -2.17. The molecule has 0 radical (unpaired) electrons. The number of carbonyl (C=O) groups excluding carboxylic acids is 1. The zero-order valence-corrected chi connectivity index (χ0v) is 16.4. The van der Waals surface area contributed by atoms with Gasteiger partial charge >= 0.3 is 0 Å². The standard InChI is InChI=1S/C19H17ClFN3O2S/c1-12-6-3-4-7-13(12)18-22-23-19(26-18)27-11-17(25)24(2)10-14-15(20)8-5-9-16(14)21/h3-9H,10-11H2,1-2H3. The van der Waals surface area contributed by atoms with Gasteiger partial charge in [0.05, 0.1) is 5.75 Å². The van der Waals surface area contributed by atoms with E-state index in [0.29, 0.717) is 21.7 Å². The van der Waals surface area contributed by atoms with Gasteiger partial charge < -0.3 is 9.32 Å². The summed E-state index contributed by atoms with van der Waals surface area (Å²) in [5.41, 5.74) is 2.17. The highest BCUT2D eigenvalue weighted by Gasteiger charge is 2.17. The third kappa shape index (κ3) is 4.67. The zero-order chi connectivity index (χ0) is 19.4. The van der Waals surface area contributed by atoms with Gasteiger partial charge in [0.15, 0.2) is 0 Å². The van der Waals surface area contributed by atoms with Crippen molar-refractivity contribution in [3.8, 4) is 11.5 Å². The van der Waals surface area contributed by atoms with Crippen LogP contribution in [0.5, 0.6) is 0 Å². The number of amides is 1. The largest absolute Gasteiger partial charge is 0.411 e. The molecule has 0 saturated carbocycles. The Morgan fingerprint density at radius 2 is 2.00 bits per heavy atom. The highest BCUT2D eigenvalue weighted by Crippen LogP contribution is 2.26. The molecule has 27 heavy (non-hydrogen) atoms. The molecule has 0 spiro atoms. The van der Waals surface area contributed by atoms with E-state index in [-0.39, 0.29) is 18.2 Å². The van der Waals surface area contributed by atoms with Gasteiger partial charge in [-0.05, 0) is 30.7 Å². The van der Waals surface area contributed by atoms with Crippen LogP contribution in [0.3, 0.4) is 0 Å². The van der Waals surface area contributed by atoms with Gasteiger partial charge in [-0.25, -0.2) is 4.39 Å². The van der Waals surface area contributed by atoms with E-state index in [0.717, 1.165) is 22.9 Å². The molecule has 3 aromatic rings. The second-order valence-electron chi connectivity index (χ2n) is 5.93. The Labute approximate surface area is 165 Å². The van der Waals surface area contributed by atoms with Crippen molar-refractivity contribution >= 4 is 29.3 Å². The molecule has 0 aliphatic rings. The van der Waals surface area contributed by atoms with Crippen molar-refractivity contribution in [3.05, 3.63) is 64.4 Å². The monoisotopic (exact) mass is 405 g/mol. The number of thioether (sulfide) groups is 1. The van der Waals surface area contributed by atoms with Crippen LogP contribution < -0.4 is 0 Å². The number of rotatable bonds is 6. The number of hydrogen-bond donors (Lipinski definition) is 0. The van der Waals surface area contributed by atoms with Gasteiger partial charge in [0, 0.05) is 29.7 Å². The first-order valence-corrected chi connectivity index (χ1v) is 9.51. The predicted octanol–water partition coefficient (Wildman–Crippen LogP) is 4.59. The fourth-order valence-corrected chi connectivity index (χ4v) is 3.36. The first-order chi connectivity index (χ1) is 13.0. The van der Waals surface area contributed by atoms with Crippen LogP contribution in [0.25, 0.3) is 11.5 Å². The molecule has 0 N–H and O–H groups in total. The SMILES string of the molecule is Cc1ccccc1-c1nnc(SCC(=O)N(C)Cc2c(F)cccc2Cl)o1. The normalized spacial score (nSPS) is 10.8. The Kier molecular flexibility index (Phi) is 6.13. The topological polar surface area (TPSA) is 59.2 Å². The fourth-order valence-electron chi connectivity index (χ4n) is 2.43. The van der Waals surface area contributed by atoms with E-state index in [9.17, 15) is 9.18 Å². The summed E-state index contributed by atoms with van der Waals surface area (Å²) >= 11 is 7.15. The summed E-state index contributed by atoms with van der Waals surface area (Å²) in [6.45, 7) is 2.04. The lowest BCUT2D eigenvalue weighted by Crippen LogP contribution is -2.28. The molecule has 1 aromatic heterocycles. The second kappa shape index (κ2) is 8.54. The summed E-state index contributed by atoms with van der Waals surface area (Å²) < 4.78 is 19.5. The number of carbonyl (C=O) groups is 1. The number of aryl methyl sites for hydroxylation is 1. The molecule has 0 atom stereocenters. The highest BCUT2D eigenvalue weighted by molar-refractivity contribution is 7.99. The number of hydrogen-bond acceptors (Lipinski definition) is 5. The van der Waals surface area contributed by atoms with Crippen LogP contribution in [0, 0.1) is 12.7 Å². The Balaban J connectivity index is 1.60. The van der Waals surface area contributed by atoms with Crippen LogP contribution in [0.4, 0.5) is 4.39 Å². The molecule has 0 bridgehead atoms. The first kappa shape index (κ1) is 19.4. The Morgan fingerprint density at radius 3 is 2.74 bits per heavy atom. The minimum atomic E-state index is -0.436. The van der Waals surface area contributed by atoms with Crippen molar-refractivity contribution in [2.45, 2.75) is 18.7 Å². The van der Waals surface area contributed by atoms with Gasteiger partial charge in [0.1, 0.15) is 5.82 Å². The van der Waals surface area contributed by atoms with Crippen LogP contribution in [-0.4, -0.2) is 33.8 Å². The van der Waals surface area contributed by atoms with Crippen molar-refractivity contribution < 1.29 is 13.6 Å². The van der Waals surface area contributed by atoms with Crippen LogP contribution in [0.15, 0.2) is 52.1 Å². The molecule has 1 amide bonds. The molecular formula is C19H17ClFN3O2S. The van der Waals surface area contributed by atoms with E-state index in [4.69, 9.17) is 16.0 Å². The summed E-state index contributed by atoms with van der Waals surface area (Å²) in [6, 6.07) is 12.1. The molecule has 0 unspecified atom stereocenters. The van der Waals surface area contributed by atoms with Crippen LogP contribution in [-0.2, 0) is 11.3 Å². The average Bonchev–Trinajstić information content (AvgIpc) is 3.12. The van der Waals surface area contributed by atoms with Crippen molar-refractivity contribution in [2.75, 3.05) is 12.8 Å². The molecule has 5 nitrogen and oxygen atoms in total. The predicted molar refractivity (Wildman–Crippen MR) is 103 cm³/mol. The zero-order valence-electron chi connectivity index (χ0n) is 14.8.